The maximum absolute atomic E-state index is 12.8. The van der Waals surface area contributed by atoms with E-state index in [9.17, 15) is 13.2 Å². The van der Waals surface area contributed by atoms with Gasteiger partial charge in [0.1, 0.15) is 17.4 Å². The predicted molar refractivity (Wildman–Crippen MR) is 125 cm³/mol. The van der Waals surface area contributed by atoms with E-state index in [-0.39, 0.29) is 22.1 Å². The highest BCUT2D eigenvalue weighted by Gasteiger charge is 2.24. The van der Waals surface area contributed by atoms with E-state index in [4.69, 9.17) is 21.1 Å². The average Bonchev–Trinajstić information content (AvgIpc) is 3.27. The van der Waals surface area contributed by atoms with Crippen LogP contribution in [0.15, 0.2) is 52.7 Å². The number of carbonyl (C=O) groups is 1. The quantitative estimate of drug-likeness (QED) is 0.395. The third kappa shape index (κ3) is 5.29. The van der Waals surface area contributed by atoms with Crippen LogP contribution in [-0.4, -0.2) is 43.9 Å². The molecule has 1 heterocycles. The first-order valence-corrected chi connectivity index (χ1v) is 12.6. The molecule has 3 rings (SSSR count). The van der Waals surface area contributed by atoms with Crippen molar-refractivity contribution in [2.24, 2.45) is 0 Å². The maximum Gasteiger partial charge on any atom is 0.340 e. The highest BCUT2D eigenvalue weighted by molar-refractivity contribution is 7.89. The van der Waals surface area contributed by atoms with Crippen molar-refractivity contribution >= 4 is 38.9 Å². The van der Waals surface area contributed by atoms with Crippen LogP contribution in [0.2, 0.25) is 5.02 Å². The first kappa shape index (κ1) is 24.2. The van der Waals surface area contributed by atoms with Crippen molar-refractivity contribution in [1.82, 2.24) is 9.29 Å². The number of ether oxygens (including phenoxy) is 2. The molecule has 0 fully saturated rings. The van der Waals surface area contributed by atoms with Crippen molar-refractivity contribution in [2.75, 3.05) is 20.2 Å². The lowest BCUT2D eigenvalue weighted by atomic mass is 10.2. The van der Waals surface area contributed by atoms with Gasteiger partial charge in [-0.2, -0.15) is 4.31 Å². The van der Waals surface area contributed by atoms with E-state index in [1.807, 2.05) is 24.3 Å². The van der Waals surface area contributed by atoms with Crippen molar-refractivity contribution in [2.45, 2.75) is 25.3 Å². The van der Waals surface area contributed by atoms with Crippen LogP contribution in [0.25, 0.3) is 10.6 Å². The Morgan fingerprint density at radius 3 is 2.59 bits per heavy atom. The van der Waals surface area contributed by atoms with Crippen molar-refractivity contribution in [3.63, 3.8) is 0 Å². The van der Waals surface area contributed by atoms with E-state index in [1.54, 1.807) is 26.3 Å². The molecule has 0 saturated carbocycles. The van der Waals surface area contributed by atoms with Gasteiger partial charge in [-0.05, 0) is 30.3 Å². The summed E-state index contributed by atoms with van der Waals surface area (Å²) < 4.78 is 37.4. The first-order chi connectivity index (χ1) is 15.3. The van der Waals surface area contributed by atoms with Gasteiger partial charge in [-0.25, -0.2) is 18.2 Å². The molecular weight excluding hydrogens is 472 g/mol. The fourth-order valence-electron chi connectivity index (χ4n) is 3.01. The lowest BCUT2D eigenvalue weighted by molar-refractivity contribution is 0.0468. The summed E-state index contributed by atoms with van der Waals surface area (Å²) in [5.74, 6) is 0.00222. The molecule has 0 atom stereocenters. The zero-order valence-corrected chi connectivity index (χ0v) is 20.3. The number of esters is 1. The van der Waals surface area contributed by atoms with Gasteiger partial charge >= 0.3 is 5.97 Å². The SMILES string of the molecule is CCN(CC)S(=O)(=O)c1ccc(Cl)c(C(=O)OCc2csc(-c3cccc(OC)c3)n2)c1. The Morgan fingerprint density at radius 1 is 1.16 bits per heavy atom. The van der Waals surface area contributed by atoms with Gasteiger partial charge in [-0.15, -0.1) is 11.3 Å². The number of sulfonamides is 1. The molecule has 0 bridgehead atoms. The fraction of sp³-hybridized carbons (Fsp3) is 0.273. The number of hydrogen-bond donors (Lipinski definition) is 0. The molecule has 7 nitrogen and oxygen atoms in total. The van der Waals surface area contributed by atoms with Crippen molar-refractivity contribution in [1.29, 1.82) is 0 Å². The Labute approximate surface area is 196 Å². The Bertz CT molecular complexity index is 1210. The Kier molecular flexibility index (Phi) is 7.89. The molecule has 0 radical (unpaired) electrons. The highest BCUT2D eigenvalue weighted by Crippen LogP contribution is 2.28. The number of aromatic nitrogens is 1. The molecule has 1 aromatic heterocycles. The molecule has 32 heavy (non-hydrogen) atoms. The second-order valence-electron chi connectivity index (χ2n) is 6.68. The molecule has 3 aromatic rings. The van der Waals surface area contributed by atoms with Crippen molar-refractivity contribution in [3.8, 4) is 16.3 Å². The molecule has 0 aliphatic rings. The number of thiazole rings is 1. The third-order valence-electron chi connectivity index (χ3n) is 4.72. The zero-order chi connectivity index (χ0) is 23.3. The summed E-state index contributed by atoms with van der Waals surface area (Å²) >= 11 is 7.57. The second-order valence-corrected chi connectivity index (χ2v) is 9.89. The number of carbonyl (C=O) groups excluding carboxylic acids is 1. The Hall–Kier alpha value is -2.46. The highest BCUT2D eigenvalue weighted by atomic mass is 35.5. The lowest BCUT2D eigenvalue weighted by Crippen LogP contribution is -2.30. The van der Waals surface area contributed by atoms with Crippen LogP contribution in [0, 0.1) is 0 Å². The summed E-state index contributed by atoms with van der Waals surface area (Å²) in [5.41, 5.74) is 1.46. The van der Waals surface area contributed by atoms with Crippen LogP contribution >= 0.6 is 22.9 Å². The summed E-state index contributed by atoms with van der Waals surface area (Å²) in [4.78, 5) is 17.1. The van der Waals surface area contributed by atoms with Crippen LogP contribution in [0.5, 0.6) is 5.75 Å². The topological polar surface area (TPSA) is 85.8 Å². The van der Waals surface area contributed by atoms with Gasteiger partial charge in [0.05, 0.1) is 28.3 Å². The van der Waals surface area contributed by atoms with Crippen LogP contribution in [-0.2, 0) is 21.4 Å². The summed E-state index contributed by atoms with van der Waals surface area (Å²) in [5, 5.41) is 2.68. The molecular formula is C22H23ClN2O5S2. The standard InChI is InChI=1S/C22H23ClN2O5S2/c1-4-25(5-2)32(27,28)18-9-10-20(23)19(12-18)22(26)30-13-16-14-31-21(24-16)15-7-6-8-17(11-15)29-3/h6-12,14H,4-5,13H2,1-3H3. The molecule has 0 spiro atoms. The van der Waals surface area contributed by atoms with E-state index in [1.165, 1.54) is 33.8 Å². The second kappa shape index (κ2) is 10.4. The minimum atomic E-state index is -3.73. The predicted octanol–water partition coefficient (Wildman–Crippen LogP) is 4.86. The third-order valence-corrected chi connectivity index (χ3v) is 8.04. The van der Waals surface area contributed by atoms with Gasteiger partial charge in [0, 0.05) is 24.0 Å². The molecule has 170 valence electrons. The largest absolute Gasteiger partial charge is 0.497 e. The molecule has 0 aliphatic carbocycles. The molecule has 0 amide bonds. The maximum atomic E-state index is 12.8. The molecule has 0 unspecified atom stereocenters. The monoisotopic (exact) mass is 494 g/mol. The Morgan fingerprint density at radius 2 is 1.91 bits per heavy atom. The molecule has 10 heteroatoms. The molecule has 0 aliphatic heterocycles. The summed E-state index contributed by atoms with van der Waals surface area (Å²) in [6, 6.07) is 11.5. The van der Waals surface area contributed by atoms with Crippen molar-refractivity contribution < 1.29 is 22.7 Å². The Balaban J connectivity index is 1.75. The minimum absolute atomic E-state index is 0.00785. The average molecular weight is 495 g/mol. The number of methoxy groups -OCH3 is 1. The molecule has 0 saturated heterocycles. The van der Waals surface area contributed by atoms with Gasteiger partial charge in [0.25, 0.3) is 0 Å². The van der Waals surface area contributed by atoms with Gasteiger partial charge in [-0.1, -0.05) is 37.6 Å². The van der Waals surface area contributed by atoms with Gasteiger partial charge in [0.2, 0.25) is 10.0 Å². The first-order valence-electron chi connectivity index (χ1n) is 9.85. The van der Waals surface area contributed by atoms with Crippen LogP contribution in [0.4, 0.5) is 0 Å². The fourth-order valence-corrected chi connectivity index (χ4v) is 5.49. The van der Waals surface area contributed by atoms with Crippen LogP contribution in [0.1, 0.15) is 29.9 Å². The lowest BCUT2D eigenvalue weighted by Gasteiger charge is -2.19. The molecule has 0 N–H and O–H groups in total. The van der Waals surface area contributed by atoms with Crippen molar-refractivity contribution in [3.05, 3.63) is 64.1 Å². The zero-order valence-electron chi connectivity index (χ0n) is 17.9. The number of halogens is 1. The van der Waals surface area contributed by atoms with E-state index < -0.39 is 16.0 Å². The van der Waals surface area contributed by atoms with Gasteiger partial charge in [0.15, 0.2) is 0 Å². The van der Waals surface area contributed by atoms with Gasteiger partial charge < -0.3 is 9.47 Å². The van der Waals surface area contributed by atoms with Crippen LogP contribution < -0.4 is 4.74 Å². The summed E-state index contributed by atoms with van der Waals surface area (Å²) in [7, 11) is -2.13. The van der Waals surface area contributed by atoms with E-state index in [2.05, 4.69) is 4.98 Å². The number of rotatable bonds is 9. The summed E-state index contributed by atoms with van der Waals surface area (Å²) in [6.45, 7) is 4.07. The van der Waals surface area contributed by atoms with E-state index in [0.717, 1.165) is 16.3 Å². The smallest absolute Gasteiger partial charge is 0.340 e. The number of benzene rings is 2. The minimum Gasteiger partial charge on any atom is -0.497 e. The van der Waals surface area contributed by atoms with Crippen LogP contribution in [0.3, 0.4) is 0 Å². The van der Waals surface area contributed by atoms with E-state index in [0.29, 0.717) is 18.8 Å². The summed E-state index contributed by atoms with van der Waals surface area (Å²) in [6.07, 6.45) is 0. The number of nitrogens with zero attached hydrogens (tertiary/aromatic N) is 2. The number of hydrogen-bond acceptors (Lipinski definition) is 7. The van der Waals surface area contributed by atoms with E-state index >= 15 is 0 Å². The van der Waals surface area contributed by atoms with Gasteiger partial charge in [-0.3, -0.25) is 0 Å². The normalized spacial score (nSPS) is 11.5. The molecule has 2 aromatic carbocycles.